The summed E-state index contributed by atoms with van der Waals surface area (Å²) >= 11 is 2.87. The normalized spacial score (nSPS) is 17.0. The summed E-state index contributed by atoms with van der Waals surface area (Å²) in [5, 5.41) is 0.483. The summed E-state index contributed by atoms with van der Waals surface area (Å²) in [7, 11) is 1.38. The quantitative estimate of drug-likeness (QED) is 0.441. The molecule has 0 saturated heterocycles. The molecule has 2 atom stereocenters. The van der Waals surface area contributed by atoms with Gasteiger partial charge < -0.3 is 4.74 Å². The van der Waals surface area contributed by atoms with E-state index in [1.165, 1.54) is 18.9 Å². The van der Waals surface area contributed by atoms with Crippen molar-refractivity contribution in [3.05, 3.63) is 45.9 Å². The molecular weight excluding hydrogens is 368 g/mol. The maximum Gasteiger partial charge on any atom is 0.319 e. The molecule has 0 radical (unpaired) electrons. The molecule has 1 aromatic carbocycles. The average Bonchev–Trinajstić information content (AvgIpc) is 3.01. The zero-order valence-corrected chi connectivity index (χ0v) is 16.9. The molecule has 26 heavy (non-hydrogen) atoms. The Balaban J connectivity index is 2.14. The molecule has 0 N–H and O–H groups in total. The summed E-state index contributed by atoms with van der Waals surface area (Å²) in [5.41, 5.74) is 2.65. The predicted molar refractivity (Wildman–Crippen MR) is 106 cm³/mol. The highest BCUT2D eigenvalue weighted by molar-refractivity contribution is 8.00. The third-order valence-electron chi connectivity index (χ3n) is 4.26. The van der Waals surface area contributed by atoms with Gasteiger partial charge >= 0.3 is 5.97 Å². The topological polar surface area (TPSA) is 61.2 Å². The fourth-order valence-electron chi connectivity index (χ4n) is 2.86. The maximum absolute atomic E-state index is 13.2. The minimum atomic E-state index is -0.395. The van der Waals surface area contributed by atoms with Crippen molar-refractivity contribution in [1.82, 2.24) is 9.55 Å². The van der Waals surface area contributed by atoms with Crippen LogP contribution >= 0.6 is 23.5 Å². The van der Waals surface area contributed by atoms with Crippen molar-refractivity contribution in [1.29, 1.82) is 0 Å². The number of nitrogens with zero attached hydrogens (tertiary/aromatic N) is 2. The van der Waals surface area contributed by atoms with Crippen molar-refractivity contribution in [2.75, 3.05) is 7.11 Å². The molecule has 1 aliphatic rings. The number of aromatic nitrogens is 2. The zero-order valence-electron chi connectivity index (χ0n) is 15.3. The van der Waals surface area contributed by atoms with Crippen molar-refractivity contribution in [3.63, 3.8) is 0 Å². The van der Waals surface area contributed by atoms with Gasteiger partial charge in [-0.3, -0.25) is 14.2 Å². The number of hydrogen-bond acceptors (Lipinski definition) is 6. The van der Waals surface area contributed by atoms with Crippen LogP contribution in [0.5, 0.6) is 0 Å². The summed E-state index contributed by atoms with van der Waals surface area (Å²) in [6, 6.07) is 7.77. The Labute approximate surface area is 161 Å². The summed E-state index contributed by atoms with van der Waals surface area (Å²) in [6.45, 7) is 6.03. The number of benzene rings is 1. The molecule has 2 heterocycles. The smallest absolute Gasteiger partial charge is 0.319 e. The maximum atomic E-state index is 13.2. The van der Waals surface area contributed by atoms with Crippen LogP contribution in [0.2, 0.25) is 0 Å². The first kappa shape index (κ1) is 19.0. The molecule has 138 valence electrons. The Kier molecular flexibility index (Phi) is 5.77. The second-order valence-electron chi connectivity index (χ2n) is 6.32. The van der Waals surface area contributed by atoms with E-state index in [2.05, 4.69) is 6.92 Å². The second-order valence-corrected chi connectivity index (χ2v) is 8.94. The van der Waals surface area contributed by atoms with Gasteiger partial charge in [0.15, 0.2) is 5.16 Å². The molecule has 1 aromatic heterocycles. The van der Waals surface area contributed by atoms with Crippen LogP contribution < -0.4 is 5.56 Å². The third-order valence-corrected chi connectivity index (χ3v) is 6.77. The largest absolute Gasteiger partial charge is 0.468 e. The van der Waals surface area contributed by atoms with Crippen LogP contribution in [0.3, 0.4) is 0 Å². The van der Waals surface area contributed by atoms with Gasteiger partial charge in [0.25, 0.3) is 5.56 Å². The molecule has 5 nitrogen and oxygen atoms in total. The lowest BCUT2D eigenvalue weighted by molar-refractivity contribution is -0.140. The van der Waals surface area contributed by atoms with E-state index in [1.807, 2.05) is 38.1 Å². The van der Waals surface area contributed by atoms with Gasteiger partial charge in [0.2, 0.25) is 0 Å². The van der Waals surface area contributed by atoms with Crippen molar-refractivity contribution in [2.45, 2.75) is 54.2 Å². The molecule has 0 saturated carbocycles. The van der Waals surface area contributed by atoms with Crippen molar-refractivity contribution >= 4 is 29.5 Å². The number of methoxy groups -OCH3 is 1. The van der Waals surface area contributed by atoms with E-state index in [0.29, 0.717) is 21.7 Å². The van der Waals surface area contributed by atoms with Crippen LogP contribution in [0.25, 0.3) is 5.69 Å². The Hall–Kier alpha value is -1.73. The molecule has 0 spiro atoms. The fraction of sp³-hybridized carbons (Fsp3) is 0.421. The van der Waals surface area contributed by atoms with Crippen LogP contribution in [0.15, 0.2) is 39.1 Å². The lowest BCUT2D eigenvalue weighted by atomic mass is 10.2. The predicted octanol–water partition coefficient (Wildman–Crippen LogP) is 3.62. The minimum Gasteiger partial charge on any atom is -0.468 e. The van der Waals surface area contributed by atoms with E-state index in [1.54, 1.807) is 16.3 Å². The molecule has 0 unspecified atom stereocenters. The zero-order chi connectivity index (χ0) is 18.8. The summed E-state index contributed by atoms with van der Waals surface area (Å²) in [4.78, 5) is 30.7. The second kappa shape index (κ2) is 7.88. The molecule has 0 bridgehead atoms. The Morgan fingerprint density at radius 2 is 2.12 bits per heavy atom. The number of hydrogen-bond donors (Lipinski definition) is 0. The number of thioether (sulfide) groups is 2. The molecule has 1 aliphatic heterocycles. The van der Waals surface area contributed by atoms with Gasteiger partial charge in [-0.2, -0.15) is 0 Å². The number of carbonyl (C=O) groups is 1. The van der Waals surface area contributed by atoms with Gasteiger partial charge in [-0.1, -0.05) is 43.3 Å². The van der Waals surface area contributed by atoms with Gasteiger partial charge in [-0.05, 0) is 25.5 Å². The molecule has 3 rings (SSSR count). The van der Waals surface area contributed by atoms with E-state index in [4.69, 9.17) is 9.72 Å². The fourth-order valence-corrected chi connectivity index (χ4v) is 5.03. The average molecular weight is 391 g/mol. The van der Waals surface area contributed by atoms with Crippen LogP contribution in [-0.4, -0.2) is 33.1 Å². The first-order valence-corrected chi connectivity index (χ1v) is 10.3. The van der Waals surface area contributed by atoms with Crippen LogP contribution in [0, 0.1) is 6.92 Å². The van der Waals surface area contributed by atoms with Crippen LogP contribution in [0.1, 0.15) is 31.5 Å². The molecule has 0 amide bonds. The standard InChI is InChI=1S/C19H22N2O3S2/c1-5-15(18(23)24-4)26-19-20-14-10-12(3)25-16(14)17(22)21(19)13-8-6-11(2)7-9-13/h6-9,12,15H,5,10H2,1-4H3/t12-,15+/m1/s1. The van der Waals surface area contributed by atoms with Gasteiger partial charge in [0, 0.05) is 11.7 Å². The number of carbonyl (C=O) groups excluding carboxylic acids is 1. The highest BCUT2D eigenvalue weighted by Crippen LogP contribution is 2.36. The van der Waals surface area contributed by atoms with E-state index < -0.39 is 5.25 Å². The Morgan fingerprint density at radius 3 is 2.73 bits per heavy atom. The number of rotatable bonds is 5. The summed E-state index contributed by atoms with van der Waals surface area (Å²) < 4.78 is 6.52. The lowest BCUT2D eigenvalue weighted by Gasteiger charge is -2.17. The van der Waals surface area contributed by atoms with Crippen molar-refractivity contribution in [2.24, 2.45) is 0 Å². The highest BCUT2D eigenvalue weighted by Gasteiger charge is 2.29. The van der Waals surface area contributed by atoms with Gasteiger partial charge in [0.05, 0.1) is 23.4 Å². The highest BCUT2D eigenvalue weighted by atomic mass is 32.2. The van der Waals surface area contributed by atoms with E-state index in [-0.39, 0.29) is 11.5 Å². The SMILES string of the molecule is CC[C@H](Sc1nc2c(c(=O)n1-c1ccc(C)cc1)S[C@H](C)C2)C(=O)OC. The molecule has 2 aromatic rings. The number of aryl methyl sites for hydroxylation is 1. The number of esters is 1. The number of fused-ring (bicyclic) bond motifs is 1. The van der Waals surface area contributed by atoms with Gasteiger partial charge in [-0.15, -0.1) is 11.8 Å². The van der Waals surface area contributed by atoms with Crippen molar-refractivity contribution in [3.8, 4) is 5.69 Å². The van der Waals surface area contributed by atoms with Crippen molar-refractivity contribution < 1.29 is 9.53 Å². The first-order chi connectivity index (χ1) is 12.4. The molecule has 7 heteroatoms. The monoisotopic (exact) mass is 390 g/mol. The van der Waals surface area contributed by atoms with E-state index in [9.17, 15) is 9.59 Å². The Bertz CT molecular complexity index is 878. The van der Waals surface area contributed by atoms with E-state index in [0.717, 1.165) is 23.4 Å². The third kappa shape index (κ3) is 3.69. The first-order valence-electron chi connectivity index (χ1n) is 8.58. The lowest BCUT2D eigenvalue weighted by Crippen LogP contribution is -2.26. The number of ether oxygens (including phenoxy) is 1. The molecule has 0 fully saturated rings. The molecule has 0 aliphatic carbocycles. The van der Waals surface area contributed by atoms with Crippen LogP contribution in [0.4, 0.5) is 0 Å². The molecular formula is C19H22N2O3S2. The Morgan fingerprint density at radius 1 is 1.42 bits per heavy atom. The van der Waals surface area contributed by atoms with Gasteiger partial charge in [0.1, 0.15) is 5.25 Å². The summed E-state index contributed by atoms with van der Waals surface area (Å²) in [6.07, 6.45) is 1.37. The summed E-state index contributed by atoms with van der Waals surface area (Å²) in [5.74, 6) is -0.301. The van der Waals surface area contributed by atoms with Gasteiger partial charge in [-0.25, -0.2) is 4.98 Å². The van der Waals surface area contributed by atoms with E-state index >= 15 is 0 Å². The van der Waals surface area contributed by atoms with Crippen LogP contribution in [-0.2, 0) is 16.0 Å². The minimum absolute atomic E-state index is 0.0598.